The van der Waals surface area contributed by atoms with E-state index >= 15 is 0 Å². The van der Waals surface area contributed by atoms with E-state index in [9.17, 15) is 27.9 Å². The van der Waals surface area contributed by atoms with Crippen LogP contribution in [0.4, 0.5) is 23.7 Å². The van der Waals surface area contributed by atoms with Crippen molar-refractivity contribution in [1.82, 2.24) is 15.2 Å². The number of benzene rings is 1. The number of pyridine rings is 1. The zero-order valence-electron chi connectivity index (χ0n) is 20.7. The Morgan fingerprint density at radius 2 is 1.82 bits per heavy atom. The maximum atomic E-state index is 13.1. The van der Waals surface area contributed by atoms with Gasteiger partial charge >= 0.3 is 12.2 Å². The number of β-amino-alcohol motifs (C(OH)–C–C–N with tert-alkyl or cyclic N) is 1. The van der Waals surface area contributed by atoms with Crippen LogP contribution in [0.2, 0.25) is 0 Å². The first-order chi connectivity index (χ1) is 18.2. The third-order valence-electron chi connectivity index (χ3n) is 6.60. The van der Waals surface area contributed by atoms with Crippen LogP contribution < -0.4 is 10.6 Å². The van der Waals surface area contributed by atoms with Gasteiger partial charge in [-0.25, -0.2) is 4.79 Å². The summed E-state index contributed by atoms with van der Waals surface area (Å²) in [6.45, 7) is 0.584. The molecule has 1 aromatic heterocycles. The molecule has 2 aliphatic heterocycles. The Balaban J connectivity index is 1.33. The van der Waals surface area contributed by atoms with E-state index in [0.29, 0.717) is 25.8 Å². The third-order valence-corrected chi connectivity index (χ3v) is 6.60. The zero-order chi connectivity index (χ0) is 27.1. The SMILES string of the molecule is O=C(C[C@@H]1CC[C@@H]2[C@H](COC[C@H](O)CN2C(=O)Nc2ccc(C(F)(F)F)cc2)O1)NCCc1ccncc1. The average Bonchev–Trinajstić information content (AvgIpc) is 2.87. The molecular weight excluding hydrogens is 505 g/mol. The van der Waals surface area contributed by atoms with Crippen molar-refractivity contribution in [3.8, 4) is 0 Å². The summed E-state index contributed by atoms with van der Waals surface area (Å²) in [5.74, 6) is -0.137. The van der Waals surface area contributed by atoms with Crippen molar-refractivity contribution in [2.24, 2.45) is 0 Å². The number of anilines is 1. The van der Waals surface area contributed by atoms with Crippen LogP contribution in [0.5, 0.6) is 0 Å². The summed E-state index contributed by atoms with van der Waals surface area (Å²) in [4.78, 5) is 31.0. The minimum Gasteiger partial charge on any atom is -0.389 e. The lowest BCUT2D eigenvalue weighted by Gasteiger charge is -2.44. The van der Waals surface area contributed by atoms with Crippen LogP contribution in [0, 0.1) is 0 Å². The molecule has 0 spiro atoms. The van der Waals surface area contributed by atoms with E-state index in [4.69, 9.17) is 9.47 Å². The maximum absolute atomic E-state index is 13.1. The Labute approximate surface area is 218 Å². The lowest BCUT2D eigenvalue weighted by Crippen LogP contribution is -2.58. The number of amides is 3. The van der Waals surface area contributed by atoms with Gasteiger partial charge in [-0.1, -0.05) is 0 Å². The lowest BCUT2D eigenvalue weighted by atomic mass is 9.95. The fourth-order valence-corrected chi connectivity index (χ4v) is 4.69. The van der Waals surface area contributed by atoms with Gasteiger partial charge in [0.05, 0.1) is 50.0 Å². The normalized spacial score (nSPS) is 24.1. The van der Waals surface area contributed by atoms with Gasteiger partial charge in [0.25, 0.3) is 0 Å². The van der Waals surface area contributed by atoms with Gasteiger partial charge in [0.2, 0.25) is 5.91 Å². The number of ether oxygens (including phenoxy) is 2. The minimum absolute atomic E-state index is 0.00318. The van der Waals surface area contributed by atoms with Gasteiger partial charge in [-0.3, -0.25) is 9.78 Å². The van der Waals surface area contributed by atoms with Crippen LogP contribution in [-0.2, 0) is 26.9 Å². The number of hydrogen-bond acceptors (Lipinski definition) is 6. The first kappa shape index (κ1) is 27.8. The number of hydrogen-bond donors (Lipinski definition) is 3. The molecule has 2 fully saturated rings. The molecule has 3 N–H and O–H groups in total. The number of carbonyl (C=O) groups is 2. The summed E-state index contributed by atoms with van der Waals surface area (Å²) in [7, 11) is 0. The van der Waals surface area contributed by atoms with Gasteiger partial charge in [-0.15, -0.1) is 0 Å². The van der Waals surface area contributed by atoms with Crippen molar-refractivity contribution < 1.29 is 37.3 Å². The highest BCUT2D eigenvalue weighted by molar-refractivity contribution is 5.89. The molecule has 0 unspecified atom stereocenters. The highest BCUT2D eigenvalue weighted by atomic mass is 19.4. The van der Waals surface area contributed by atoms with Crippen molar-refractivity contribution >= 4 is 17.6 Å². The van der Waals surface area contributed by atoms with Crippen molar-refractivity contribution in [3.05, 3.63) is 59.9 Å². The monoisotopic (exact) mass is 536 g/mol. The van der Waals surface area contributed by atoms with Gasteiger partial charge < -0.3 is 30.1 Å². The number of fused-ring (bicyclic) bond motifs is 1. The molecule has 206 valence electrons. The average molecular weight is 537 g/mol. The minimum atomic E-state index is -4.48. The zero-order valence-corrected chi connectivity index (χ0v) is 20.7. The standard InChI is InChI=1S/C26H31F3N4O5/c27-26(28,29)18-1-3-19(4-2-18)32-25(36)33-14-20(34)15-37-16-23-22(33)6-5-21(38-23)13-24(35)31-12-9-17-7-10-30-11-8-17/h1-4,7-8,10-11,20-23,34H,5-6,9,12-16H2,(H,31,35)(H,32,36)/t20-,21+,22-,23+/m1/s1. The van der Waals surface area contributed by atoms with Crippen LogP contribution in [0.1, 0.15) is 30.4 Å². The topological polar surface area (TPSA) is 113 Å². The van der Waals surface area contributed by atoms with E-state index in [1.807, 2.05) is 12.1 Å². The van der Waals surface area contributed by atoms with Gasteiger partial charge in [0.1, 0.15) is 6.10 Å². The van der Waals surface area contributed by atoms with E-state index in [1.165, 1.54) is 17.0 Å². The van der Waals surface area contributed by atoms with Gasteiger partial charge in [0.15, 0.2) is 0 Å². The van der Waals surface area contributed by atoms with Gasteiger partial charge in [0, 0.05) is 24.6 Å². The molecule has 4 rings (SSSR count). The number of alkyl halides is 3. The Morgan fingerprint density at radius 1 is 1.08 bits per heavy atom. The van der Waals surface area contributed by atoms with E-state index in [2.05, 4.69) is 15.6 Å². The molecule has 0 radical (unpaired) electrons. The summed E-state index contributed by atoms with van der Waals surface area (Å²) >= 11 is 0. The fourth-order valence-electron chi connectivity index (χ4n) is 4.69. The third kappa shape index (κ3) is 7.65. The Morgan fingerprint density at radius 3 is 2.53 bits per heavy atom. The Hall–Kier alpha value is -3.22. The molecule has 4 atom stereocenters. The number of carbonyl (C=O) groups excluding carboxylic acids is 2. The van der Waals surface area contributed by atoms with Gasteiger partial charge in [-0.05, 0) is 61.2 Å². The first-order valence-electron chi connectivity index (χ1n) is 12.5. The molecule has 3 heterocycles. The molecule has 1 aromatic carbocycles. The van der Waals surface area contributed by atoms with Crippen molar-refractivity contribution in [2.45, 2.75) is 56.2 Å². The molecular formula is C26H31F3N4O5. The molecule has 2 aliphatic rings. The summed E-state index contributed by atoms with van der Waals surface area (Å²) in [6, 6.07) is 6.94. The highest BCUT2D eigenvalue weighted by Gasteiger charge is 2.40. The van der Waals surface area contributed by atoms with Crippen LogP contribution in [0.3, 0.4) is 0 Å². The molecule has 9 nitrogen and oxygen atoms in total. The van der Waals surface area contributed by atoms with E-state index in [0.717, 1.165) is 17.7 Å². The number of nitrogens with one attached hydrogen (secondary N) is 2. The van der Waals surface area contributed by atoms with Crippen LogP contribution in [-0.4, -0.2) is 77.6 Å². The molecule has 0 aliphatic carbocycles. The molecule has 0 saturated carbocycles. The number of aliphatic hydroxyl groups is 1. The maximum Gasteiger partial charge on any atom is 0.416 e. The summed E-state index contributed by atoms with van der Waals surface area (Å²) in [5, 5.41) is 15.8. The Bertz CT molecular complexity index is 1070. The number of aliphatic hydroxyl groups excluding tert-OH is 1. The summed E-state index contributed by atoms with van der Waals surface area (Å²) in [5.41, 5.74) is 0.452. The van der Waals surface area contributed by atoms with E-state index in [-0.39, 0.29) is 43.9 Å². The number of rotatable bonds is 6. The fraction of sp³-hybridized carbons (Fsp3) is 0.500. The van der Waals surface area contributed by atoms with Crippen molar-refractivity contribution in [3.63, 3.8) is 0 Å². The van der Waals surface area contributed by atoms with Crippen molar-refractivity contribution in [2.75, 3.05) is 31.6 Å². The molecule has 12 heteroatoms. The number of aromatic nitrogens is 1. The smallest absolute Gasteiger partial charge is 0.389 e. The van der Waals surface area contributed by atoms with Crippen LogP contribution in [0.15, 0.2) is 48.8 Å². The van der Waals surface area contributed by atoms with E-state index < -0.39 is 36.0 Å². The summed E-state index contributed by atoms with van der Waals surface area (Å²) < 4.78 is 50.3. The number of urea groups is 1. The van der Waals surface area contributed by atoms with Gasteiger partial charge in [-0.2, -0.15) is 13.2 Å². The molecule has 0 bridgehead atoms. The number of nitrogens with zero attached hydrogens (tertiary/aromatic N) is 2. The molecule has 2 aromatic rings. The molecule has 3 amide bonds. The van der Waals surface area contributed by atoms with Crippen molar-refractivity contribution in [1.29, 1.82) is 0 Å². The first-order valence-corrected chi connectivity index (χ1v) is 12.5. The second-order valence-electron chi connectivity index (χ2n) is 9.45. The quantitative estimate of drug-likeness (QED) is 0.523. The predicted molar refractivity (Wildman–Crippen MR) is 131 cm³/mol. The molecule has 2 saturated heterocycles. The van der Waals surface area contributed by atoms with Crippen LogP contribution >= 0.6 is 0 Å². The predicted octanol–water partition coefficient (Wildman–Crippen LogP) is 2.99. The summed E-state index contributed by atoms with van der Waals surface area (Å²) in [6.07, 6.45) is -1.01. The lowest BCUT2D eigenvalue weighted by molar-refractivity contribution is -0.149. The number of halogens is 3. The second kappa shape index (κ2) is 12.5. The molecule has 38 heavy (non-hydrogen) atoms. The Kier molecular flexibility index (Phi) is 9.18. The largest absolute Gasteiger partial charge is 0.416 e. The van der Waals surface area contributed by atoms with Crippen LogP contribution in [0.25, 0.3) is 0 Å². The second-order valence-corrected chi connectivity index (χ2v) is 9.45. The highest BCUT2D eigenvalue weighted by Crippen LogP contribution is 2.31. The van der Waals surface area contributed by atoms with E-state index in [1.54, 1.807) is 12.4 Å².